The molecule has 0 spiro atoms. The maximum Gasteiger partial charge on any atom is 0.313 e. The molecule has 23 nitrogen and oxygen atoms in total. The Labute approximate surface area is 449 Å². The smallest absolute Gasteiger partial charge is 0.313 e. The largest absolute Gasteiger partial charge is 0.469 e. The first kappa shape index (κ1) is 65.9. The average molecular weight is 1100 g/mol. The van der Waals surface area contributed by atoms with Crippen molar-refractivity contribution >= 4 is 11.9 Å². The summed E-state index contributed by atoms with van der Waals surface area (Å²) in [6.07, 6.45) is -4.46. The number of nitrogens with zero attached hydrogens (tertiary/aromatic N) is 1. The van der Waals surface area contributed by atoms with E-state index in [1.54, 1.807) is 86.8 Å². The van der Waals surface area contributed by atoms with Crippen LogP contribution in [0.4, 0.5) is 0 Å². The molecule has 0 aromatic heterocycles. The Morgan fingerprint density at radius 1 is 0.636 bits per heavy atom. The number of methoxy groups -OCH3 is 1. The fourth-order valence-corrected chi connectivity index (χ4v) is 9.84. The molecule has 0 aliphatic carbocycles. The van der Waals surface area contributed by atoms with Crippen molar-refractivity contribution < 1.29 is 110 Å². The molecule has 438 valence electrons. The minimum Gasteiger partial charge on any atom is -0.469 e. The summed E-state index contributed by atoms with van der Waals surface area (Å²) in [6.45, 7) is 5.98. The van der Waals surface area contributed by atoms with Crippen LogP contribution in [0.3, 0.4) is 0 Å². The van der Waals surface area contributed by atoms with Gasteiger partial charge in [0.05, 0.1) is 93.3 Å². The van der Waals surface area contributed by atoms with Gasteiger partial charge in [0.25, 0.3) is 5.91 Å². The molecule has 23 heteroatoms. The molecule has 3 saturated heterocycles. The first-order chi connectivity index (χ1) is 36.2. The molecule has 3 fully saturated rings. The zero-order chi connectivity index (χ0) is 57.4. The molecular formula is C54H85NO22. The number of ether oxygens (including phenoxy) is 6. The van der Waals surface area contributed by atoms with E-state index in [0.29, 0.717) is 0 Å². The summed E-state index contributed by atoms with van der Waals surface area (Å²) >= 11 is 0. The lowest BCUT2D eigenvalue weighted by molar-refractivity contribution is -0.399. The van der Waals surface area contributed by atoms with Crippen LogP contribution in [0.5, 0.6) is 0 Å². The first-order valence-electron chi connectivity index (χ1n) is 26.2. The van der Waals surface area contributed by atoms with E-state index in [2.05, 4.69) is 0 Å². The molecule has 0 radical (unpaired) electrons. The number of aliphatic hydroxyl groups excluding tert-OH is 12. The third kappa shape index (κ3) is 19.0. The van der Waals surface area contributed by atoms with E-state index in [-0.39, 0.29) is 25.2 Å². The van der Waals surface area contributed by atoms with Crippen molar-refractivity contribution in [1.29, 1.82) is 0 Å². The van der Waals surface area contributed by atoms with Gasteiger partial charge in [-0.1, -0.05) is 98.9 Å². The van der Waals surface area contributed by atoms with Crippen LogP contribution < -0.4 is 0 Å². The van der Waals surface area contributed by atoms with E-state index in [0.717, 1.165) is 12.0 Å². The molecule has 4 aliphatic heterocycles. The molecule has 14 N–H and O–H groups in total. The van der Waals surface area contributed by atoms with E-state index in [4.69, 9.17) is 28.4 Å². The van der Waals surface area contributed by atoms with E-state index in [1.165, 1.54) is 26.1 Å². The Kier molecular flexibility index (Phi) is 26.4. The van der Waals surface area contributed by atoms with Crippen molar-refractivity contribution in [2.24, 2.45) is 17.8 Å². The van der Waals surface area contributed by atoms with Crippen LogP contribution in [-0.2, 0) is 38.0 Å². The zero-order valence-electron chi connectivity index (χ0n) is 44.5. The molecule has 0 saturated carbocycles. The van der Waals surface area contributed by atoms with Gasteiger partial charge in [-0.15, -0.1) is 0 Å². The lowest BCUT2D eigenvalue weighted by Gasteiger charge is -2.53. The van der Waals surface area contributed by atoms with Gasteiger partial charge < -0.3 is 99.9 Å². The maximum atomic E-state index is 13.3. The predicted octanol–water partition coefficient (Wildman–Crippen LogP) is -1.47. The second kappa shape index (κ2) is 30.8. The molecule has 4 rings (SSSR count). The number of carbonyl (C=O) groups is 2. The number of allylic oxidation sites excluding steroid dienone is 12. The van der Waals surface area contributed by atoms with Crippen LogP contribution in [-0.4, -0.2) is 231 Å². The van der Waals surface area contributed by atoms with Crippen LogP contribution in [0.15, 0.2) is 85.1 Å². The highest BCUT2D eigenvalue weighted by atomic mass is 16.7. The highest BCUT2D eigenvalue weighted by molar-refractivity contribution is 5.74. The zero-order valence-corrected chi connectivity index (χ0v) is 44.5. The molecule has 2 bridgehead atoms. The number of hydrogen-bond acceptors (Lipinski definition) is 23. The van der Waals surface area contributed by atoms with Gasteiger partial charge in [0.1, 0.15) is 30.3 Å². The van der Waals surface area contributed by atoms with Crippen LogP contribution >= 0.6 is 0 Å². The molecule has 0 amide bonds. The maximum absolute atomic E-state index is 13.3. The molecular weight excluding hydrogens is 1010 g/mol. The van der Waals surface area contributed by atoms with E-state index in [9.17, 15) is 81.1 Å². The number of esters is 2. The summed E-state index contributed by atoms with van der Waals surface area (Å²) in [5.74, 6) is -9.08. The van der Waals surface area contributed by atoms with E-state index in [1.807, 2.05) is 6.92 Å². The van der Waals surface area contributed by atoms with Crippen LogP contribution in [0, 0.1) is 17.8 Å². The Hall–Kier alpha value is -3.64. The van der Waals surface area contributed by atoms with Gasteiger partial charge in [-0.3, -0.25) is 9.59 Å². The number of cyclic esters (lactones) is 1. The minimum atomic E-state index is -2.74. The highest BCUT2D eigenvalue weighted by Crippen LogP contribution is 2.40. The van der Waals surface area contributed by atoms with E-state index < -0.39 is 184 Å². The molecule has 77 heavy (non-hydrogen) atoms. The first-order valence-corrected chi connectivity index (χ1v) is 26.2. The van der Waals surface area contributed by atoms with Crippen molar-refractivity contribution in [3.8, 4) is 0 Å². The lowest BCUT2D eigenvalue weighted by Crippen LogP contribution is -2.74. The average Bonchev–Trinajstić information content (AvgIpc) is 3.36. The summed E-state index contributed by atoms with van der Waals surface area (Å²) < 4.78 is 34.2. The highest BCUT2D eigenvalue weighted by Gasteiger charge is 2.58. The number of hydrogen-bond donors (Lipinski definition) is 14. The second-order valence-electron chi connectivity index (χ2n) is 20.7. The monoisotopic (exact) mass is 1100 g/mol. The number of rotatable bonds is 5. The van der Waals surface area contributed by atoms with Gasteiger partial charge in [-0.2, -0.15) is 0 Å². The Morgan fingerprint density at radius 2 is 1.22 bits per heavy atom. The summed E-state index contributed by atoms with van der Waals surface area (Å²) in [6, 6.07) is -1.54. The molecule has 0 aromatic carbocycles. The number of likely N-dealkylation sites (N-methyl/N-ethyl adjacent to an activating group) is 1. The van der Waals surface area contributed by atoms with Crippen molar-refractivity contribution in [3.63, 3.8) is 0 Å². The molecule has 4 aliphatic rings. The molecule has 4 heterocycles. The number of fused-ring (bicyclic) bond motifs is 2. The Balaban J connectivity index is 1.64. The summed E-state index contributed by atoms with van der Waals surface area (Å²) in [5, 5.41) is 154. The standard InChI is InChI=1S/C54H85NO22/c1-30-19-17-15-13-11-9-7-8-10-12-14-16-18-20-37(76-52-49(67)45(47(65)33(4)75-52)55(5)54(71)50(68)48(66)41(62)29-73-54)26-42-44(51(69)72-6)40(61)28-53(70,77-42)27-36(58)24-39(60)38(59)22-21-34(56)23-35(57)25-43(63)74-32(3)31(2)46(30)64/h7-20,30-42,44-50,52,56-62,64-68,70-71H,21-29H2,1-6H3/b8-7+,11-9+,12-10+,15-13+,16-14+,19-17-,20-18+/t30-,31-,32-,33+,34+,35+,36-,37-,38+,39+,40-,41+,42-,44+,45-,46+,47+,48+,49-,50-,52-,53+,54-/m0/s1. The van der Waals surface area contributed by atoms with Crippen molar-refractivity contribution in [3.05, 3.63) is 85.1 Å². The van der Waals surface area contributed by atoms with E-state index >= 15 is 0 Å². The fourth-order valence-electron chi connectivity index (χ4n) is 9.84. The van der Waals surface area contributed by atoms with Gasteiger partial charge in [0, 0.05) is 37.5 Å². The second-order valence-corrected chi connectivity index (χ2v) is 20.7. The summed E-state index contributed by atoms with van der Waals surface area (Å²) in [5.41, 5.74) is 0. The van der Waals surface area contributed by atoms with Crippen LogP contribution in [0.2, 0.25) is 0 Å². The summed E-state index contributed by atoms with van der Waals surface area (Å²) in [4.78, 5) is 26.9. The van der Waals surface area contributed by atoms with Crippen molar-refractivity contribution in [1.82, 2.24) is 4.90 Å². The normalized spacial score (nSPS) is 46.4. The van der Waals surface area contributed by atoms with Crippen LogP contribution in [0.1, 0.15) is 79.1 Å². The van der Waals surface area contributed by atoms with Gasteiger partial charge in [0.15, 0.2) is 18.2 Å². The van der Waals surface area contributed by atoms with Crippen molar-refractivity contribution in [2.45, 2.75) is 201 Å². The molecule has 23 atom stereocenters. The Morgan fingerprint density at radius 3 is 1.82 bits per heavy atom. The SMILES string of the molecule is COC(=O)[C@H]1[C@@H]2C[C@@H](O[C@@H]3O[C@H](C)[C@@H](O)[C@H](N(C)[C@@]4(O)OC[C@@H](O)[C@@H](O)[C@@H]4O)[C@@H]3O)/C=C/C=C/C=C/C=C/C=C/C=C/C=C\[C@H](C)[C@@H](O)[C@@H](C)[C@H](C)OC(=O)C[C@H](O)C[C@H](O)CC[C@@H](O)[C@H](O)C[C@H](O)C[C@](O)(C[C@@H]1O)O2. The lowest BCUT2D eigenvalue weighted by atomic mass is 9.82. The molecule has 0 unspecified atom stereocenters. The van der Waals surface area contributed by atoms with Gasteiger partial charge in [-0.05, 0) is 40.2 Å². The Bertz CT molecular complexity index is 2030. The van der Waals surface area contributed by atoms with Crippen LogP contribution in [0.25, 0.3) is 0 Å². The quantitative estimate of drug-likeness (QED) is 0.110. The van der Waals surface area contributed by atoms with Gasteiger partial charge >= 0.3 is 11.9 Å². The van der Waals surface area contributed by atoms with Gasteiger partial charge in [-0.25, -0.2) is 4.90 Å². The predicted molar refractivity (Wildman–Crippen MR) is 274 cm³/mol. The summed E-state index contributed by atoms with van der Waals surface area (Å²) in [7, 11) is 2.25. The molecule has 0 aromatic rings. The van der Waals surface area contributed by atoms with Crippen molar-refractivity contribution in [2.75, 3.05) is 20.8 Å². The minimum absolute atomic E-state index is 0.136. The number of aliphatic hydroxyl groups is 14. The fraction of sp³-hybridized carbons (Fsp3) is 0.704. The topological polar surface area (TPSA) is 376 Å². The number of carbonyl (C=O) groups excluding carboxylic acids is 2. The van der Waals surface area contributed by atoms with Gasteiger partial charge in [0.2, 0.25) is 0 Å². The third-order valence-corrected chi connectivity index (χ3v) is 14.6. The third-order valence-electron chi connectivity index (χ3n) is 14.6.